The Morgan fingerprint density at radius 2 is 2.64 bits per heavy atom. The Morgan fingerprint density at radius 3 is 3.09 bits per heavy atom. The number of hydrogen-bond acceptors (Lipinski definition) is 3. The van der Waals surface area contributed by atoms with E-state index >= 15 is 0 Å². The van der Waals surface area contributed by atoms with E-state index in [2.05, 4.69) is 25.8 Å². The second kappa shape index (κ2) is 3.52. The van der Waals surface area contributed by atoms with Crippen molar-refractivity contribution >= 4 is 21.9 Å². The van der Waals surface area contributed by atoms with Gasteiger partial charge in [-0.05, 0) is 22.0 Å². The summed E-state index contributed by atoms with van der Waals surface area (Å²) in [5.74, 6) is -0.305. The highest BCUT2D eigenvalue weighted by Crippen LogP contribution is 2.03. The molecule has 0 saturated carbocycles. The molecule has 0 aliphatic rings. The van der Waals surface area contributed by atoms with Gasteiger partial charge in [0.25, 0.3) is 0 Å². The van der Waals surface area contributed by atoms with E-state index in [4.69, 9.17) is 0 Å². The maximum atomic E-state index is 10.7. The van der Waals surface area contributed by atoms with E-state index in [0.29, 0.717) is 4.60 Å². The van der Waals surface area contributed by atoms with Crippen molar-refractivity contribution in [2.45, 2.75) is 6.54 Å². The molecule has 4 nitrogen and oxygen atoms in total. The number of hydrogen-bond donors (Lipinski definition) is 0. The normalized spacial score (nSPS) is 9.64. The third kappa shape index (κ3) is 2.34. The van der Waals surface area contributed by atoms with Crippen LogP contribution in [0.5, 0.6) is 0 Å². The number of ether oxygens (including phenoxy) is 1. The Morgan fingerprint density at radius 1 is 1.91 bits per heavy atom. The fourth-order valence-electron chi connectivity index (χ4n) is 0.622. The Bertz CT molecular complexity index is 259. The lowest BCUT2D eigenvalue weighted by Gasteiger charge is -1.97. The second-order valence-electron chi connectivity index (χ2n) is 1.91. The Hall–Kier alpha value is -0.840. The minimum atomic E-state index is -0.305. The smallest absolute Gasteiger partial charge is 0.327 e. The fourth-order valence-corrected chi connectivity index (χ4v) is 0.944. The van der Waals surface area contributed by atoms with E-state index in [9.17, 15) is 4.79 Å². The van der Waals surface area contributed by atoms with Gasteiger partial charge >= 0.3 is 5.97 Å². The maximum absolute atomic E-state index is 10.7. The van der Waals surface area contributed by atoms with Crippen molar-refractivity contribution in [1.29, 1.82) is 0 Å². The summed E-state index contributed by atoms with van der Waals surface area (Å²) in [7, 11) is 1.35. The van der Waals surface area contributed by atoms with E-state index in [-0.39, 0.29) is 12.5 Å². The molecular formula is C6H7BrN2O2. The van der Waals surface area contributed by atoms with Crippen LogP contribution in [0.4, 0.5) is 0 Å². The summed E-state index contributed by atoms with van der Waals surface area (Å²) >= 11 is 3.16. The van der Waals surface area contributed by atoms with Gasteiger partial charge in [-0.2, -0.15) is 5.10 Å². The summed E-state index contributed by atoms with van der Waals surface area (Å²) in [4.78, 5) is 10.7. The van der Waals surface area contributed by atoms with Gasteiger partial charge in [0.15, 0.2) is 0 Å². The Labute approximate surface area is 72.3 Å². The largest absolute Gasteiger partial charge is 0.468 e. The molecule has 1 rings (SSSR count). The average molecular weight is 219 g/mol. The molecule has 0 aromatic carbocycles. The lowest BCUT2D eigenvalue weighted by Crippen LogP contribution is -2.11. The summed E-state index contributed by atoms with van der Waals surface area (Å²) in [5, 5.41) is 3.93. The lowest BCUT2D eigenvalue weighted by molar-refractivity contribution is -0.141. The molecule has 0 amide bonds. The zero-order valence-corrected chi connectivity index (χ0v) is 7.54. The van der Waals surface area contributed by atoms with Gasteiger partial charge in [0.2, 0.25) is 0 Å². The van der Waals surface area contributed by atoms with Crippen LogP contribution >= 0.6 is 15.9 Å². The summed E-state index contributed by atoms with van der Waals surface area (Å²) in [6, 6.07) is 1.75. The van der Waals surface area contributed by atoms with E-state index in [1.807, 2.05) is 0 Å². The number of methoxy groups -OCH3 is 1. The van der Waals surface area contributed by atoms with Crippen molar-refractivity contribution in [2.75, 3.05) is 7.11 Å². The molecule has 0 unspecified atom stereocenters. The van der Waals surface area contributed by atoms with Crippen molar-refractivity contribution in [3.05, 3.63) is 16.9 Å². The predicted octanol–water partition coefficient (Wildman–Crippen LogP) is 0.819. The fraction of sp³-hybridized carbons (Fsp3) is 0.333. The molecule has 1 aromatic rings. The molecule has 0 fully saturated rings. The van der Waals surface area contributed by atoms with E-state index in [1.165, 1.54) is 11.8 Å². The van der Waals surface area contributed by atoms with Gasteiger partial charge in [0.05, 0.1) is 7.11 Å². The lowest BCUT2D eigenvalue weighted by atomic mass is 10.6. The molecule has 0 atom stereocenters. The number of rotatable bonds is 2. The first kappa shape index (κ1) is 8.26. The van der Waals surface area contributed by atoms with Crippen LogP contribution in [0.25, 0.3) is 0 Å². The number of aromatic nitrogens is 2. The molecular weight excluding hydrogens is 212 g/mol. The number of esters is 1. The molecule has 0 N–H and O–H groups in total. The summed E-state index contributed by atoms with van der Waals surface area (Å²) in [6.45, 7) is 0.155. The van der Waals surface area contributed by atoms with Crippen LogP contribution in [-0.4, -0.2) is 22.9 Å². The average Bonchev–Trinajstić information content (AvgIpc) is 2.35. The monoisotopic (exact) mass is 218 g/mol. The van der Waals surface area contributed by atoms with E-state index in [0.717, 1.165) is 0 Å². The number of carbonyl (C=O) groups is 1. The molecule has 60 valence electrons. The topological polar surface area (TPSA) is 44.1 Å². The summed E-state index contributed by atoms with van der Waals surface area (Å²) in [5.41, 5.74) is 0. The van der Waals surface area contributed by atoms with Gasteiger partial charge in [-0.1, -0.05) is 0 Å². The first-order chi connectivity index (χ1) is 5.22. The Balaban J connectivity index is 2.57. The van der Waals surface area contributed by atoms with Crippen LogP contribution in [0.1, 0.15) is 0 Å². The molecule has 1 heterocycles. The van der Waals surface area contributed by atoms with Crippen molar-refractivity contribution in [2.24, 2.45) is 0 Å². The highest BCUT2D eigenvalue weighted by atomic mass is 79.9. The van der Waals surface area contributed by atoms with Crippen molar-refractivity contribution in [1.82, 2.24) is 9.78 Å². The van der Waals surface area contributed by atoms with Gasteiger partial charge in [0, 0.05) is 6.20 Å². The van der Waals surface area contributed by atoms with Crippen LogP contribution in [0.15, 0.2) is 16.9 Å². The van der Waals surface area contributed by atoms with E-state index in [1.54, 1.807) is 12.3 Å². The molecule has 5 heteroatoms. The zero-order chi connectivity index (χ0) is 8.27. The highest BCUT2D eigenvalue weighted by molar-refractivity contribution is 9.10. The van der Waals surface area contributed by atoms with Crippen LogP contribution < -0.4 is 0 Å². The molecule has 11 heavy (non-hydrogen) atoms. The number of halogens is 1. The molecule has 0 aliphatic heterocycles. The zero-order valence-electron chi connectivity index (χ0n) is 5.95. The van der Waals surface area contributed by atoms with Gasteiger partial charge < -0.3 is 4.74 Å². The van der Waals surface area contributed by atoms with Crippen LogP contribution in [0.3, 0.4) is 0 Å². The van der Waals surface area contributed by atoms with Gasteiger partial charge in [-0.15, -0.1) is 0 Å². The predicted molar refractivity (Wildman–Crippen MR) is 41.9 cm³/mol. The third-order valence-electron chi connectivity index (χ3n) is 1.13. The van der Waals surface area contributed by atoms with Crippen molar-refractivity contribution < 1.29 is 9.53 Å². The molecule has 0 aliphatic carbocycles. The SMILES string of the molecule is COC(=O)Cn1ccc(Br)n1. The Kier molecular flexibility index (Phi) is 2.64. The number of carbonyl (C=O) groups excluding carboxylic acids is 1. The van der Waals surface area contributed by atoms with Gasteiger partial charge in [0.1, 0.15) is 11.1 Å². The van der Waals surface area contributed by atoms with Crippen LogP contribution in [-0.2, 0) is 16.1 Å². The van der Waals surface area contributed by atoms with Gasteiger partial charge in [-0.25, -0.2) is 0 Å². The van der Waals surface area contributed by atoms with Crippen molar-refractivity contribution in [3.63, 3.8) is 0 Å². The standard InChI is InChI=1S/C6H7BrN2O2/c1-11-6(10)4-9-3-2-5(7)8-9/h2-3H,4H2,1H3. The first-order valence-corrected chi connectivity index (χ1v) is 3.77. The van der Waals surface area contributed by atoms with Crippen LogP contribution in [0.2, 0.25) is 0 Å². The first-order valence-electron chi connectivity index (χ1n) is 2.98. The minimum absolute atomic E-state index is 0.155. The molecule has 0 saturated heterocycles. The van der Waals surface area contributed by atoms with Crippen LogP contribution in [0, 0.1) is 0 Å². The molecule has 0 radical (unpaired) electrons. The minimum Gasteiger partial charge on any atom is -0.468 e. The highest BCUT2D eigenvalue weighted by Gasteiger charge is 2.01. The molecule has 0 bridgehead atoms. The second-order valence-corrected chi connectivity index (χ2v) is 2.72. The summed E-state index contributed by atoms with van der Waals surface area (Å²) in [6.07, 6.45) is 1.70. The number of nitrogens with zero attached hydrogens (tertiary/aromatic N) is 2. The van der Waals surface area contributed by atoms with Gasteiger partial charge in [-0.3, -0.25) is 9.48 Å². The third-order valence-corrected chi connectivity index (χ3v) is 1.55. The quantitative estimate of drug-likeness (QED) is 0.691. The molecule has 0 spiro atoms. The summed E-state index contributed by atoms with van der Waals surface area (Å²) < 4.78 is 6.65. The molecule has 1 aromatic heterocycles. The van der Waals surface area contributed by atoms with Crippen molar-refractivity contribution in [3.8, 4) is 0 Å². The van der Waals surface area contributed by atoms with E-state index < -0.39 is 0 Å². The maximum Gasteiger partial charge on any atom is 0.327 e.